The molecule has 3 heterocycles. The molecule has 0 saturated heterocycles. The molecule has 1 aliphatic rings. The quantitative estimate of drug-likeness (QED) is 0.710. The highest BCUT2D eigenvalue weighted by molar-refractivity contribution is 7.13. The number of thiophene rings is 1. The maximum absolute atomic E-state index is 11.5. The molecule has 1 N–H and O–H groups in total. The van der Waals surface area contributed by atoms with Gasteiger partial charge in [0.25, 0.3) is 0 Å². The summed E-state index contributed by atoms with van der Waals surface area (Å²) in [5, 5.41) is 21.6. The average molecular weight is 401 g/mol. The van der Waals surface area contributed by atoms with Crippen LogP contribution in [0.2, 0.25) is 5.02 Å². The van der Waals surface area contributed by atoms with Gasteiger partial charge in [-0.25, -0.2) is 0 Å². The van der Waals surface area contributed by atoms with E-state index in [2.05, 4.69) is 22.5 Å². The van der Waals surface area contributed by atoms with Crippen molar-refractivity contribution in [2.75, 3.05) is 0 Å². The third-order valence-corrected chi connectivity index (χ3v) is 5.85. The topological polar surface area (TPSA) is 80.4 Å². The molecule has 1 aliphatic heterocycles. The number of benzene rings is 1. The Kier molecular flexibility index (Phi) is 4.57. The van der Waals surface area contributed by atoms with Crippen LogP contribution < -0.4 is 0 Å². The number of aromatic nitrogens is 3. The molecule has 0 unspecified atom stereocenters. The lowest BCUT2D eigenvalue weighted by Gasteiger charge is -2.11. The monoisotopic (exact) mass is 400 g/mol. The summed E-state index contributed by atoms with van der Waals surface area (Å²) >= 11 is 7.66. The first kappa shape index (κ1) is 17.9. The number of fused-ring (bicyclic) bond motifs is 3. The van der Waals surface area contributed by atoms with Gasteiger partial charge in [-0.1, -0.05) is 30.7 Å². The van der Waals surface area contributed by atoms with Crippen LogP contribution in [0.4, 0.5) is 0 Å². The first-order valence-electron chi connectivity index (χ1n) is 8.58. The van der Waals surface area contributed by atoms with E-state index in [1.165, 1.54) is 5.56 Å². The molecule has 27 heavy (non-hydrogen) atoms. The number of carbonyl (C=O) groups is 1. The molecule has 8 heteroatoms. The Morgan fingerprint density at radius 2 is 2.04 bits per heavy atom. The van der Waals surface area contributed by atoms with Crippen molar-refractivity contribution >= 4 is 34.6 Å². The second-order valence-electron chi connectivity index (χ2n) is 6.33. The largest absolute Gasteiger partial charge is 0.481 e. The maximum atomic E-state index is 11.5. The van der Waals surface area contributed by atoms with Crippen molar-refractivity contribution in [3.63, 3.8) is 0 Å². The summed E-state index contributed by atoms with van der Waals surface area (Å²) in [6.07, 6.45) is 0.699. The Labute approximate surface area is 165 Å². The summed E-state index contributed by atoms with van der Waals surface area (Å²) in [5.41, 5.74) is 3.86. The predicted octanol–water partition coefficient (Wildman–Crippen LogP) is 4.22. The highest BCUT2D eigenvalue weighted by atomic mass is 35.5. The summed E-state index contributed by atoms with van der Waals surface area (Å²) in [6, 6.07) is 6.86. The number of aliphatic imine (C=N–C) groups is 1. The van der Waals surface area contributed by atoms with Gasteiger partial charge in [0, 0.05) is 16.1 Å². The molecule has 2 aromatic heterocycles. The molecule has 0 radical (unpaired) electrons. The number of hydrogen-bond acceptors (Lipinski definition) is 5. The van der Waals surface area contributed by atoms with Gasteiger partial charge < -0.3 is 5.11 Å². The summed E-state index contributed by atoms with van der Waals surface area (Å²) < 4.78 is 1.94. The molecule has 1 atom stereocenters. The molecule has 4 rings (SSSR count). The van der Waals surface area contributed by atoms with Crippen molar-refractivity contribution in [2.45, 2.75) is 32.7 Å². The fourth-order valence-electron chi connectivity index (χ4n) is 3.31. The summed E-state index contributed by atoms with van der Waals surface area (Å²) in [6.45, 7) is 3.97. The van der Waals surface area contributed by atoms with Crippen LogP contribution in [0.15, 0.2) is 34.6 Å². The van der Waals surface area contributed by atoms with E-state index >= 15 is 0 Å². The Morgan fingerprint density at radius 3 is 2.70 bits per heavy atom. The third-order valence-electron chi connectivity index (χ3n) is 4.59. The zero-order chi connectivity index (χ0) is 19.1. The van der Waals surface area contributed by atoms with Crippen molar-refractivity contribution < 1.29 is 9.90 Å². The molecule has 138 valence electrons. The van der Waals surface area contributed by atoms with Crippen molar-refractivity contribution in [3.05, 3.63) is 63.0 Å². The number of rotatable bonds is 4. The van der Waals surface area contributed by atoms with E-state index in [1.54, 1.807) is 11.3 Å². The molecule has 0 amide bonds. The van der Waals surface area contributed by atoms with Gasteiger partial charge in [0.15, 0.2) is 5.82 Å². The predicted molar refractivity (Wildman–Crippen MR) is 105 cm³/mol. The standard InChI is InChI=1S/C19H17ClN4O2S/c1-3-11-9-27-19-16(11)17(12-4-6-13(20)7-5-12)21-14(8-15(25)26)18-23-22-10(2)24(18)19/h4-7,9,14H,3,8H2,1-2H3,(H,25,26)/t14-/m0/s1. The maximum Gasteiger partial charge on any atom is 0.306 e. The highest BCUT2D eigenvalue weighted by Gasteiger charge is 2.31. The zero-order valence-electron chi connectivity index (χ0n) is 14.8. The normalized spacial score (nSPS) is 15.7. The number of nitrogens with zero attached hydrogens (tertiary/aromatic N) is 4. The number of carboxylic acids is 1. The number of aliphatic carboxylic acids is 1. The van der Waals surface area contributed by atoms with E-state index in [0.717, 1.165) is 34.1 Å². The van der Waals surface area contributed by atoms with Crippen LogP contribution in [-0.2, 0) is 11.2 Å². The Hall–Kier alpha value is -2.51. The van der Waals surface area contributed by atoms with Gasteiger partial charge in [-0.3, -0.25) is 14.4 Å². The molecule has 0 saturated carbocycles. The van der Waals surface area contributed by atoms with Gasteiger partial charge in [0.05, 0.1) is 12.1 Å². The Morgan fingerprint density at radius 1 is 1.30 bits per heavy atom. The van der Waals surface area contributed by atoms with Crippen molar-refractivity contribution in [1.29, 1.82) is 0 Å². The second kappa shape index (κ2) is 6.90. The molecular weight excluding hydrogens is 384 g/mol. The van der Waals surface area contributed by atoms with Crippen LogP contribution in [0.1, 0.15) is 47.7 Å². The van der Waals surface area contributed by atoms with Crippen molar-refractivity contribution in [3.8, 4) is 5.00 Å². The van der Waals surface area contributed by atoms with Crippen LogP contribution in [0, 0.1) is 6.92 Å². The average Bonchev–Trinajstić information content (AvgIpc) is 3.19. The SMILES string of the molecule is CCc1csc2c1C(c1ccc(Cl)cc1)=N[C@@H](CC(=O)O)c1nnc(C)n1-2. The van der Waals surface area contributed by atoms with Crippen LogP contribution in [0.25, 0.3) is 5.00 Å². The van der Waals surface area contributed by atoms with Gasteiger partial charge in [-0.2, -0.15) is 0 Å². The van der Waals surface area contributed by atoms with Crippen molar-refractivity contribution in [2.24, 2.45) is 4.99 Å². The molecule has 0 spiro atoms. The van der Waals surface area contributed by atoms with E-state index in [1.807, 2.05) is 35.8 Å². The van der Waals surface area contributed by atoms with E-state index in [-0.39, 0.29) is 6.42 Å². The lowest BCUT2D eigenvalue weighted by Crippen LogP contribution is -2.10. The fraction of sp³-hybridized carbons (Fsp3) is 0.263. The van der Waals surface area contributed by atoms with E-state index < -0.39 is 12.0 Å². The fourth-order valence-corrected chi connectivity index (χ4v) is 4.65. The minimum atomic E-state index is -0.924. The van der Waals surface area contributed by atoms with Crippen LogP contribution in [0.5, 0.6) is 0 Å². The number of halogens is 1. The zero-order valence-corrected chi connectivity index (χ0v) is 16.4. The molecule has 0 bridgehead atoms. The first-order chi connectivity index (χ1) is 13.0. The summed E-state index contributed by atoms with van der Waals surface area (Å²) in [4.78, 5) is 16.3. The highest BCUT2D eigenvalue weighted by Crippen LogP contribution is 2.37. The summed E-state index contributed by atoms with van der Waals surface area (Å²) in [5.74, 6) is 0.357. The number of hydrogen-bond donors (Lipinski definition) is 1. The van der Waals surface area contributed by atoms with Gasteiger partial charge in [-0.05, 0) is 36.4 Å². The van der Waals surface area contributed by atoms with E-state index in [9.17, 15) is 9.90 Å². The Bertz CT molecular complexity index is 1050. The van der Waals surface area contributed by atoms with Gasteiger partial charge in [0.1, 0.15) is 16.9 Å². The lowest BCUT2D eigenvalue weighted by atomic mass is 9.99. The van der Waals surface area contributed by atoms with E-state index in [0.29, 0.717) is 10.8 Å². The third kappa shape index (κ3) is 3.07. The van der Waals surface area contributed by atoms with Gasteiger partial charge in [-0.15, -0.1) is 21.5 Å². The van der Waals surface area contributed by atoms with Crippen LogP contribution in [0.3, 0.4) is 0 Å². The molecule has 0 fully saturated rings. The minimum absolute atomic E-state index is 0.147. The molecule has 1 aromatic carbocycles. The minimum Gasteiger partial charge on any atom is -0.481 e. The van der Waals surface area contributed by atoms with E-state index in [4.69, 9.17) is 16.6 Å². The number of carboxylic acid groups (broad SMARTS) is 1. The van der Waals surface area contributed by atoms with Crippen molar-refractivity contribution in [1.82, 2.24) is 14.8 Å². The number of aryl methyl sites for hydroxylation is 2. The molecular formula is C19H17ClN4O2S. The summed E-state index contributed by atoms with van der Waals surface area (Å²) in [7, 11) is 0. The lowest BCUT2D eigenvalue weighted by molar-refractivity contribution is -0.137. The Balaban J connectivity index is 2.01. The first-order valence-corrected chi connectivity index (χ1v) is 9.84. The van der Waals surface area contributed by atoms with Gasteiger partial charge in [0.2, 0.25) is 0 Å². The van der Waals surface area contributed by atoms with Crippen LogP contribution >= 0.6 is 22.9 Å². The van der Waals surface area contributed by atoms with Gasteiger partial charge >= 0.3 is 5.97 Å². The molecule has 6 nitrogen and oxygen atoms in total. The molecule has 3 aromatic rings. The smallest absolute Gasteiger partial charge is 0.306 e. The second-order valence-corrected chi connectivity index (χ2v) is 7.63. The molecule has 0 aliphatic carbocycles. The van der Waals surface area contributed by atoms with Crippen LogP contribution in [-0.4, -0.2) is 31.6 Å².